The second kappa shape index (κ2) is 29.2. The van der Waals surface area contributed by atoms with E-state index >= 15 is 0 Å². The van der Waals surface area contributed by atoms with Gasteiger partial charge >= 0.3 is 35.6 Å². The Balaban J connectivity index is -0.0000000461. The molecule has 0 heterocycles. The molecule has 0 amide bonds. The molecule has 0 aliphatic carbocycles. The molecular weight excluding hydrogens is 410 g/mol. The first kappa shape index (κ1) is 24.1. The second-order valence-corrected chi connectivity index (χ2v) is 2.12. The van der Waals surface area contributed by atoms with Gasteiger partial charge in [-0.1, -0.05) is 0 Å². The first-order chi connectivity index (χ1) is 5.33. The van der Waals surface area contributed by atoms with E-state index in [4.69, 9.17) is 0 Å². The molecule has 1 rings (SSSR count). The molecule has 0 bridgehead atoms. The fourth-order valence-corrected chi connectivity index (χ4v) is 0.321. The number of hydrogen-bond acceptors (Lipinski definition) is 0. The SMILES string of the molecule is C[CH-]C.C[CH-]C.[La+3].[La].c1cc[cH-]c1. The molecular formula is C11H19La2. The van der Waals surface area contributed by atoms with Crippen LogP contribution in [-0.2, 0) is 0 Å². The zero-order valence-corrected chi connectivity index (χ0v) is 16.4. The van der Waals surface area contributed by atoms with Crippen molar-refractivity contribution >= 4 is 0 Å². The van der Waals surface area contributed by atoms with Crippen molar-refractivity contribution < 1.29 is 71.2 Å². The maximum Gasteiger partial charge on any atom is 3.00 e. The Bertz CT molecular complexity index is 83.6. The van der Waals surface area contributed by atoms with E-state index in [2.05, 4.69) is 0 Å². The third-order valence-corrected chi connectivity index (χ3v) is 0.556. The van der Waals surface area contributed by atoms with E-state index in [1.54, 1.807) is 0 Å². The van der Waals surface area contributed by atoms with Gasteiger partial charge in [-0.3, -0.25) is 0 Å². The Morgan fingerprint density at radius 1 is 0.846 bits per heavy atom. The minimum Gasteiger partial charge on any atom is -0.335 e. The Labute approximate surface area is 140 Å². The van der Waals surface area contributed by atoms with E-state index < -0.39 is 0 Å². The van der Waals surface area contributed by atoms with E-state index in [1.807, 2.05) is 70.9 Å². The third kappa shape index (κ3) is 41.7. The van der Waals surface area contributed by atoms with Crippen molar-refractivity contribution in [3.63, 3.8) is 0 Å². The second-order valence-electron chi connectivity index (χ2n) is 2.12. The molecule has 69 valence electrons. The van der Waals surface area contributed by atoms with Crippen LogP contribution in [0, 0.1) is 84.0 Å². The van der Waals surface area contributed by atoms with Gasteiger partial charge in [0.25, 0.3) is 0 Å². The van der Waals surface area contributed by atoms with Crippen LogP contribution in [0.25, 0.3) is 0 Å². The minimum atomic E-state index is 0. The van der Waals surface area contributed by atoms with Crippen molar-refractivity contribution in [3.05, 3.63) is 43.2 Å². The van der Waals surface area contributed by atoms with Crippen LogP contribution in [0.2, 0.25) is 0 Å². The summed E-state index contributed by atoms with van der Waals surface area (Å²) in [5.41, 5.74) is 0. The Morgan fingerprint density at radius 3 is 1.15 bits per heavy atom. The average molecular weight is 429 g/mol. The Hall–Kier alpha value is 1.74. The Kier molecular flexibility index (Phi) is 54.2. The van der Waals surface area contributed by atoms with Crippen molar-refractivity contribution in [2.24, 2.45) is 0 Å². The fourth-order valence-electron chi connectivity index (χ4n) is 0.321. The van der Waals surface area contributed by atoms with Crippen molar-refractivity contribution in [1.82, 2.24) is 0 Å². The van der Waals surface area contributed by atoms with Crippen molar-refractivity contribution in [2.45, 2.75) is 27.7 Å². The summed E-state index contributed by atoms with van der Waals surface area (Å²) in [7, 11) is 0. The number of rotatable bonds is 0. The summed E-state index contributed by atoms with van der Waals surface area (Å²) < 4.78 is 0. The maximum absolute atomic E-state index is 2.00. The first-order valence-electron chi connectivity index (χ1n) is 3.98. The van der Waals surface area contributed by atoms with Crippen LogP contribution >= 0.6 is 0 Å². The smallest absolute Gasteiger partial charge is 0.335 e. The van der Waals surface area contributed by atoms with Gasteiger partial charge in [0.15, 0.2) is 0 Å². The monoisotopic (exact) mass is 429 g/mol. The molecule has 0 fully saturated rings. The molecule has 2 heteroatoms. The van der Waals surface area contributed by atoms with E-state index in [1.165, 1.54) is 0 Å². The van der Waals surface area contributed by atoms with Gasteiger partial charge in [-0.25, -0.2) is 12.1 Å². The molecule has 0 saturated heterocycles. The van der Waals surface area contributed by atoms with Gasteiger partial charge in [-0.15, -0.1) is 0 Å². The molecule has 0 aliphatic rings. The zero-order chi connectivity index (χ0) is 8.95. The van der Waals surface area contributed by atoms with Gasteiger partial charge < -0.3 is 12.8 Å². The van der Waals surface area contributed by atoms with E-state index in [-0.39, 0.29) is 71.2 Å². The molecule has 0 atom stereocenters. The molecule has 0 N–H and O–H groups in total. The van der Waals surface area contributed by atoms with Gasteiger partial charge in [0, 0.05) is 35.6 Å². The number of hydrogen-bond donors (Lipinski definition) is 0. The molecule has 1 aromatic carbocycles. The molecule has 0 saturated carbocycles. The summed E-state index contributed by atoms with van der Waals surface area (Å²) in [6.45, 7) is 8.00. The summed E-state index contributed by atoms with van der Waals surface area (Å²) in [5.74, 6) is 0. The summed E-state index contributed by atoms with van der Waals surface area (Å²) in [6, 6.07) is 10.0. The normalized spacial score (nSPS) is 5.85. The largest absolute Gasteiger partial charge is 3.00 e. The van der Waals surface area contributed by atoms with Crippen LogP contribution in [0.1, 0.15) is 27.7 Å². The maximum atomic E-state index is 2.00. The predicted molar refractivity (Wildman–Crippen MR) is 53.3 cm³/mol. The fraction of sp³-hybridized carbons (Fsp3) is 0.364. The molecule has 0 nitrogen and oxygen atoms in total. The van der Waals surface area contributed by atoms with E-state index in [0.29, 0.717) is 0 Å². The van der Waals surface area contributed by atoms with Crippen LogP contribution < -0.4 is 0 Å². The topological polar surface area (TPSA) is 0 Å². The third-order valence-electron chi connectivity index (χ3n) is 0.556. The molecule has 1 aromatic rings. The summed E-state index contributed by atoms with van der Waals surface area (Å²) in [6.07, 6.45) is 4.00. The standard InChI is InChI=1S/C5H5.2C3H7.2La/c1-2-4-5-3-1;2*1-3-2;;/h1-5H;2*3H,1-2H3;;/q3*-1;;+3. The molecule has 0 spiro atoms. The molecule has 0 unspecified atom stereocenters. The minimum absolute atomic E-state index is 0. The van der Waals surface area contributed by atoms with Crippen molar-refractivity contribution in [2.75, 3.05) is 0 Å². The predicted octanol–water partition coefficient (Wildman–Crippen LogP) is 3.87. The van der Waals surface area contributed by atoms with Crippen LogP contribution in [0.3, 0.4) is 0 Å². The zero-order valence-electron chi connectivity index (χ0n) is 9.20. The van der Waals surface area contributed by atoms with Crippen LogP contribution in [0.4, 0.5) is 0 Å². The molecule has 1 radical (unpaired) electrons. The van der Waals surface area contributed by atoms with E-state index in [9.17, 15) is 0 Å². The molecule has 0 aromatic heterocycles. The Morgan fingerprint density at radius 2 is 1.08 bits per heavy atom. The van der Waals surface area contributed by atoms with Gasteiger partial charge in [-0.2, -0.15) is 45.9 Å². The average Bonchev–Trinajstić information content (AvgIpc) is 2.44. The van der Waals surface area contributed by atoms with Crippen LogP contribution in [0.15, 0.2) is 30.3 Å². The van der Waals surface area contributed by atoms with Crippen molar-refractivity contribution in [1.29, 1.82) is 0 Å². The molecule has 13 heavy (non-hydrogen) atoms. The van der Waals surface area contributed by atoms with Crippen LogP contribution in [0.5, 0.6) is 0 Å². The van der Waals surface area contributed by atoms with Crippen LogP contribution in [-0.4, -0.2) is 0 Å². The van der Waals surface area contributed by atoms with Crippen molar-refractivity contribution in [3.8, 4) is 0 Å². The van der Waals surface area contributed by atoms with Gasteiger partial charge in [-0.05, 0) is 0 Å². The first-order valence-corrected chi connectivity index (χ1v) is 3.98. The summed E-state index contributed by atoms with van der Waals surface area (Å²) in [4.78, 5) is 0. The van der Waals surface area contributed by atoms with E-state index in [0.717, 1.165) is 0 Å². The molecule has 0 aliphatic heterocycles. The van der Waals surface area contributed by atoms with Gasteiger partial charge in [0.05, 0.1) is 0 Å². The summed E-state index contributed by atoms with van der Waals surface area (Å²) >= 11 is 0. The van der Waals surface area contributed by atoms with Gasteiger partial charge in [0.2, 0.25) is 0 Å². The quantitative estimate of drug-likeness (QED) is 0.550. The van der Waals surface area contributed by atoms with Gasteiger partial charge in [0.1, 0.15) is 0 Å². The summed E-state index contributed by atoms with van der Waals surface area (Å²) in [5, 5.41) is 0.